The van der Waals surface area contributed by atoms with Gasteiger partial charge in [-0.3, -0.25) is 0 Å². The molecular weight excluding hydrogens is 275 g/mol. The summed E-state index contributed by atoms with van der Waals surface area (Å²) in [6, 6.07) is 8.34. The molecule has 22 heavy (non-hydrogen) atoms. The molecule has 1 aromatic carbocycles. The number of aromatic amines is 1. The summed E-state index contributed by atoms with van der Waals surface area (Å²) in [5.41, 5.74) is 1.29. The highest BCUT2D eigenvalue weighted by molar-refractivity contribution is 6.62. The summed E-state index contributed by atoms with van der Waals surface area (Å²) >= 11 is 0. The predicted molar refractivity (Wildman–Crippen MR) is 89.3 cm³/mol. The second-order valence-corrected chi connectivity index (χ2v) is 6.93. The van der Waals surface area contributed by atoms with Gasteiger partial charge in [0.25, 0.3) is 0 Å². The Morgan fingerprint density at radius 3 is 2.45 bits per heavy atom. The Kier molecular flexibility index (Phi) is 2.72. The maximum absolute atomic E-state index is 6.15. The van der Waals surface area contributed by atoms with Crippen molar-refractivity contribution >= 4 is 34.4 Å². The first-order chi connectivity index (χ1) is 10.4. The van der Waals surface area contributed by atoms with Crippen LogP contribution in [-0.4, -0.2) is 28.3 Å². The zero-order chi connectivity index (χ0) is 15.5. The normalized spacial score (nSPS) is 20.1. The maximum Gasteiger partial charge on any atom is 0.494 e. The van der Waals surface area contributed by atoms with E-state index in [0.29, 0.717) is 0 Å². The molecule has 4 rings (SSSR count). The molecule has 0 bridgehead atoms. The summed E-state index contributed by atoms with van der Waals surface area (Å²) in [6.45, 7) is 8.29. The van der Waals surface area contributed by atoms with E-state index >= 15 is 0 Å². The molecular formula is C17H19BN2O2. The molecule has 112 valence electrons. The van der Waals surface area contributed by atoms with Crippen molar-refractivity contribution < 1.29 is 9.31 Å². The fourth-order valence-electron chi connectivity index (χ4n) is 2.86. The zero-order valence-electron chi connectivity index (χ0n) is 13.3. The van der Waals surface area contributed by atoms with Crippen LogP contribution in [-0.2, 0) is 9.31 Å². The Bertz CT molecular complexity index is 853. The number of fused-ring (bicyclic) bond motifs is 3. The lowest BCUT2D eigenvalue weighted by molar-refractivity contribution is 0.00578. The molecule has 1 saturated heterocycles. The van der Waals surface area contributed by atoms with E-state index in [1.165, 1.54) is 5.39 Å². The van der Waals surface area contributed by atoms with E-state index < -0.39 is 0 Å². The van der Waals surface area contributed by atoms with E-state index in [2.05, 4.69) is 61.9 Å². The van der Waals surface area contributed by atoms with Crippen molar-refractivity contribution in [2.24, 2.45) is 0 Å². The third-order valence-electron chi connectivity index (χ3n) is 4.95. The van der Waals surface area contributed by atoms with Gasteiger partial charge in [-0.2, -0.15) is 0 Å². The van der Waals surface area contributed by atoms with Gasteiger partial charge in [0.1, 0.15) is 5.65 Å². The zero-order valence-corrected chi connectivity index (χ0v) is 13.3. The van der Waals surface area contributed by atoms with Crippen LogP contribution in [0.1, 0.15) is 27.7 Å². The average molecular weight is 294 g/mol. The van der Waals surface area contributed by atoms with Crippen LogP contribution in [0.2, 0.25) is 0 Å². The van der Waals surface area contributed by atoms with Gasteiger partial charge in [-0.15, -0.1) is 0 Å². The fourth-order valence-corrected chi connectivity index (χ4v) is 2.86. The number of nitrogens with zero attached hydrogens (tertiary/aromatic N) is 1. The second-order valence-electron chi connectivity index (χ2n) is 6.93. The van der Waals surface area contributed by atoms with Crippen LogP contribution in [0.4, 0.5) is 0 Å². The van der Waals surface area contributed by atoms with Gasteiger partial charge in [-0.05, 0) is 44.6 Å². The molecule has 0 saturated carbocycles. The van der Waals surface area contributed by atoms with Crippen molar-refractivity contribution in [1.29, 1.82) is 0 Å². The van der Waals surface area contributed by atoms with Crippen molar-refractivity contribution in [2.75, 3.05) is 0 Å². The standard InChI is InChI=1S/C17H19BN2O2/c1-16(2)17(3,4)22-18(21-16)12-6-5-11-10-20-15-13(7-8-19-15)14(11)9-12/h5-10H,1-4H3,(H,19,20). The third kappa shape index (κ3) is 1.89. The van der Waals surface area contributed by atoms with Crippen molar-refractivity contribution in [3.8, 4) is 0 Å². The molecule has 0 atom stereocenters. The molecule has 1 aliphatic heterocycles. The number of hydrogen-bond acceptors (Lipinski definition) is 3. The number of aromatic nitrogens is 2. The van der Waals surface area contributed by atoms with Crippen LogP contribution in [0.15, 0.2) is 36.7 Å². The van der Waals surface area contributed by atoms with Crippen LogP contribution in [0, 0.1) is 0 Å². The van der Waals surface area contributed by atoms with Crippen LogP contribution in [0.25, 0.3) is 21.8 Å². The van der Waals surface area contributed by atoms with Gasteiger partial charge in [0.05, 0.1) is 11.2 Å². The Morgan fingerprint density at radius 2 is 1.73 bits per heavy atom. The van der Waals surface area contributed by atoms with Crippen molar-refractivity contribution in [2.45, 2.75) is 38.9 Å². The van der Waals surface area contributed by atoms with Crippen molar-refractivity contribution in [3.05, 3.63) is 36.7 Å². The first kappa shape index (κ1) is 13.8. The highest BCUT2D eigenvalue weighted by Crippen LogP contribution is 2.36. The first-order valence-electron chi connectivity index (χ1n) is 7.59. The second kappa shape index (κ2) is 4.34. The van der Waals surface area contributed by atoms with E-state index in [1.54, 1.807) is 0 Å². The van der Waals surface area contributed by atoms with Gasteiger partial charge in [0.2, 0.25) is 0 Å². The summed E-state index contributed by atoms with van der Waals surface area (Å²) < 4.78 is 12.3. The van der Waals surface area contributed by atoms with E-state index in [9.17, 15) is 0 Å². The third-order valence-corrected chi connectivity index (χ3v) is 4.95. The van der Waals surface area contributed by atoms with Gasteiger partial charge in [0, 0.05) is 23.2 Å². The number of pyridine rings is 1. The number of rotatable bonds is 1. The molecule has 0 radical (unpaired) electrons. The van der Waals surface area contributed by atoms with Gasteiger partial charge in [-0.25, -0.2) is 4.98 Å². The summed E-state index contributed by atoms with van der Waals surface area (Å²) in [6.07, 6.45) is 3.81. The van der Waals surface area contributed by atoms with Crippen LogP contribution < -0.4 is 5.46 Å². The topological polar surface area (TPSA) is 47.1 Å². The van der Waals surface area contributed by atoms with E-state index in [1.807, 2.05) is 12.4 Å². The van der Waals surface area contributed by atoms with Crippen LogP contribution >= 0.6 is 0 Å². The summed E-state index contributed by atoms with van der Waals surface area (Å²) in [5, 5.41) is 3.40. The lowest BCUT2D eigenvalue weighted by Crippen LogP contribution is -2.41. The summed E-state index contributed by atoms with van der Waals surface area (Å²) in [4.78, 5) is 7.58. The largest absolute Gasteiger partial charge is 0.494 e. The molecule has 0 aliphatic carbocycles. The molecule has 0 amide bonds. The summed E-state index contributed by atoms with van der Waals surface area (Å²) in [7, 11) is -0.337. The van der Waals surface area contributed by atoms with E-state index in [-0.39, 0.29) is 18.3 Å². The van der Waals surface area contributed by atoms with Gasteiger partial charge in [-0.1, -0.05) is 18.2 Å². The lowest BCUT2D eigenvalue weighted by atomic mass is 9.78. The van der Waals surface area contributed by atoms with E-state index in [0.717, 1.165) is 21.9 Å². The van der Waals surface area contributed by atoms with Crippen LogP contribution in [0.5, 0.6) is 0 Å². The predicted octanol–water partition coefficient (Wildman–Crippen LogP) is 3.02. The van der Waals surface area contributed by atoms with E-state index in [4.69, 9.17) is 9.31 Å². The minimum Gasteiger partial charge on any atom is -0.399 e. The minimum atomic E-state index is -0.337. The number of hydrogen-bond donors (Lipinski definition) is 1. The molecule has 1 fully saturated rings. The molecule has 3 heterocycles. The Balaban J connectivity index is 1.83. The quantitative estimate of drug-likeness (QED) is 0.702. The average Bonchev–Trinajstić information content (AvgIpc) is 3.01. The maximum atomic E-state index is 6.15. The Labute approximate surface area is 130 Å². The summed E-state index contributed by atoms with van der Waals surface area (Å²) in [5.74, 6) is 0. The number of benzene rings is 1. The highest BCUT2D eigenvalue weighted by Gasteiger charge is 2.51. The van der Waals surface area contributed by atoms with Gasteiger partial charge < -0.3 is 14.3 Å². The molecule has 2 aromatic heterocycles. The minimum absolute atomic E-state index is 0.325. The van der Waals surface area contributed by atoms with Crippen molar-refractivity contribution in [3.63, 3.8) is 0 Å². The first-order valence-corrected chi connectivity index (χ1v) is 7.59. The van der Waals surface area contributed by atoms with Gasteiger partial charge in [0.15, 0.2) is 0 Å². The molecule has 1 N–H and O–H groups in total. The molecule has 4 nitrogen and oxygen atoms in total. The number of H-pyrrole nitrogens is 1. The SMILES string of the molecule is CC1(C)OB(c2ccc3cnc4[nH]ccc4c3c2)OC1(C)C. The molecule has 1 aliphatic rings. The Morgan fingerprint density at radius 1 is 1.00 bits per heavy atom. The molecule has 5 heteroatoms. The van der Waals surface area contributed by atoms with Crippen LogP contribution in [0.3, 0.4) is 0 Å². The van der Waals surface area contributed by atoms with Gasteiger partial charge >= 0.3 is 7.12 Å². The fraction of sp³-hybridized carbons (Fsp3) is 0.353. The molecule has 0 unspecified atom stereocenters. The lowest BCUT2D eigenvalue weighted by Gasteiger charge is -2.32. The van der Waals surface area contributed by atoms with Crippen molar-refractivity contribution in [1.82, 2.24) is 9.97 Å². The molecule has 0 spiro atoms. The molecule has 3 aromatic rings. The monoisotopic (exact) mass is 294 g/mol. The number of nitrogens with one attached hydrogen (secondary N) is 1. The Hall–Kier alpha value is -1.85. The highest BCUT2D eigenvalue weighted by atomic mass is 16.7. The smallest absolute Gasteiger partial charge is 0.399 e.